The predicted molar refractivity (Wildman–Crippen MR) is 64.7 cm³/mol. The maximum Gasteiger partial charge on any atom is 0.0138 e. The molecule has 2 aliphatic rings. The van der Waals surface area contributed by atoms with Crippen molar-refractivity contribution in [2.45, 2.75) is 45.6 Å². The summed E-state index contributed by atoms with van der Waals surface area (Å²) >= 11 is 0. The molecule has 2 heteroatoms. The number of nitrogens with two attached hydrogens (primary N) is 1. The molecule has 0 aromatic rings. The first-order valence-corrected chi connectivity index (χ1v) is 6.64. The molecule has 88 valence electrons. The lowest BCUT2D eigenvalue weighted by molar-refractivity contribution is 0.104. The molecule has 15 heavy (non-hydrogen) atoms. The third kappa shape index (κ3) is 2.54. The van der Waals surface area contributed by atoms with Gasteiger partial charge in [0.15, 0.2) is 0 Å². The summed E-state index contributed by atoms with van der Waals surface area (Å²) in [6, 6.07) is 0.795. The van der Waals surface area contributed by atoms with Crippen LogP contribution in [0.25, 0.3) is 0 Å². The van der Waals surface area contributed by atoms with Crippen LogP contribution in [0.15, 0.2) is 0 Å². The average molecular weight is 210 g/mol. The van der Waals surface area contributed by atoms with Gasteiger partial charge in [-0.2, -0.15) is 0 Å². The van der Waals surface area contributed by atoms with Gasteiger partial charge in [-0.25, -0.2) is 0 Å². The van der Waals surface area contributed by atoms with Crippen LogP contribution in [0, 0.1) is 17.8 Å². The Morgan fingerprint density at radius 3 is 2.53 bits per heavy atom. The fourth-order valence-corrected chi connectivity index (χ4v) is 3.41. The molecule has 0 spiro atoms. The quantitative estimate of drug-likeness (QED) is 0.756. The highest BCUT2D eigenvalue weighted by Crippen LogP contribution is 2.34. The van der Waals surface area contributed by atoms with Crippen LogP contribution in [0.5, 0.6) is 0 Å². The summed E-state index contributed by atoms with van der Waals surface area (Å²) in [7, 11) is 0. The van der Waals surface area contributed by atoms with Crippen LogP contribution in [0.1, 0.15) is 39.5 Å². The van der Waals surface area contributed by atoms with Crippen LogP contribution in [-0.2, 0) is 0 Å². The Balaban J connectivity index is 1.97. The number of nitrogens with zero attached hydrogens (tertiary/aromatic N) is 1. The van der Waals surface area contributed by atoms with E-state index in [9.17, 15) is 0 Å². The molecule has 0 bridgehead atoms. The van der Waals surface area contributed by atoms with Gasteiger partial charge in [-0.05, 0) is 50.1 Å². The molecule has 4 atom stereocenters. The lowest BCUT2D eigenvalue weighted by atomic mass is 9.78. The first-order valence-electron chi connectivity index (χ1n) is 6.64. The van der Waals surface area contributed by atoms with Crippen molar-refractivity contribution in [2.75, 3.05) is 19.6 Å². The summed E-state index contributed by atoms with van der Waals surface area (Å²) in [6.45, 7) is 8.30. The Kier molecular flexibility index (Phi) is 3.68. The SMILES string of the molecule is CC1CCC(CN)C(N2CCC(C)C2)C1. The monoisotopic (exact) mass is 210 g/mol. The van der Waals surface area contributed by atoms with Gasteiger partial charge in [-0.15, -0.1) is 0 Å². The van der Waals surface area contributed by atoms with Crippen LogP contribution >= 0.6 is 0 Å². The van der Waals surface area contributed by atoms with E-state index in [-0.39, 0.29) is 0 Å². The highest BCUT2D eigenvalue weighted by atomic mass is 15.2. The Labute approximate surface area is 94.2 Å². The van der Waals surface area contributed by atoms with E-state index >= 15 is 0 Å². The van der Waals surface area contributed by atoms with Crippen molar-refractivity contribution < 1.29 is 0 Å². The second-order valence-electron chi connectivity index (χ2n) is 5.87. The topological polar surface area (TPSA) is 29.3 Å². The molecule has 1 heterocycles. The Hall–Kier alpha value is -0.0800. The minimum Gasteiger partial charge on any atom is -0.330 e. The maximum atomic E-state index is 5.91. The van der Waals surface area contributed by atoms with Crippen molar-refractivity contribution in [3.05, 3.63) is 0 Å². The van der Waals surface area contributed by atoms with Gasteiger partial charge in [0.1, 0.15) is 0 Å². The summed E-state index contributed by atoms with van der Waals surface area (Å²) in [5, 5.41) is 0. The van der Waals surface area contributed by atoms with Crippen LogP contribution in [0.4, 0.5) is 0 Å². The summed E-state index contributed by atoms with van der Waals surface area (Å²) in [4.78, 5) is 2.72. The molecule has 2 rings (SSSR count). The molecular formula is C13H26N2. The lowest BCUT2D eigenvalue weighted by Crippen LogP contribution is -2.45. The van der Waals surface area contributed by atoms with E-state index in [1.807, 2.05) is 0 Å². The smallest absolute Gasteiger partial charge is 0.0138 e. The molecule has 1 aliphatic heterocycles. The minimum atomic E-state index is 0.770. The van der Waals surface area contributed by atoms with Gasteiger partial charge in [-0.3, -0.25) is 4.90 Å². The van der Waals surface area contributed by atoms with E-state index in [2.05, 4.69) is 18.7 Å². The molecule has 0 amide bonds. The molecule has 1 saturated heterocycles. The van der Waals surface area contributed by atoms with Crippen LogP contribution in [-0.4, -0.2) is 30.6 Å². The number of hydrogen-bond donors (Lipinski definition) is 1. The van der Waals surface area contributed by atoms with E-state index in [4.69, 9.17) is 5.73 Å². The Morgan fingerprint density at radius 1 is 1.13 bits per heavy atom. The van der Waals surface area contributed by atoms with Crippen LogP contribution in [0.2, 0.25) is 0 Å². The van der Waals surface area contributed by atoms with Gasteiger partial charge in [0.2, 0.25) is 0 Å². The molecule has 1 aliphatic carbocycles. The first kappa shape index (κ1) is 11.4. The molecule has 0 aromatic carbocycles. The average Bonchev–Trinajstić information content (AvgIpc) is 2.65. The van der Waals surface area contributed by atoms with Gasteiger partial charge in [0, 0.05) is 12.6 Å². The largest absolute Gasteiger partial charge is 0.330 e. The van der Waals surface area contributed by atoms with Crippen LogP contribution in [0.3, 0.4) is 0 Å². The summed E-state index contributed by atoms with van der Waals surface area (Å²) in [6.07, 6.45) is 5.52. The highest BCUT2D eigenvalue weighted by Gasteiger charge is 2.34. The molecule has 0 radical (unpaired) electrons. The molecule has 2 fully saturated rings. The second-order valence-corrected chi connectivity index (χ2v) is 5.87. The molecule has 0 aromatic heterocycles. The van der Waals surface area contributed by atoms with Gasteiger partial charge in [0.05, 0.1) is 0 Å². The summed E-state index contributed by atoms with van der Waals surface area (Å²) in [5.41, 5.74) is 5.91. The zero-order valence-corrected chi connectivity index (χ0v) is 10.3. The van der Waals surface area contributed by atoms with Crippen LogP contribution < -0.4 is 5.73 Å². The fraction of sp³-hybridized carbons (Fsp3) is 1.00. The second kappa shape index (κ2) is 4.84. The fourth-order valence-electron chi connectivity index (χ4n) is 3.41. The Morgan fingerprint density at radius 2 is 1.93 bits per heavy atom. The van der Waals surface area contributed by atoms with Gasteiger partial charge in [-0.1, -0.05) is 20.3 Å². The van der Waals surface area contributed by atoms with Crippen molar-refractivity contribution in [3.8, 4) is 0 Å². The minimum absolute atomic E-state index is 0.770. The molecular weight excluding hydrogens is 184 g/mol. The van der Waals surface area contributed by atoms with Gasteiger partial charge in [0.25, 0.3) is 0 Å². The summed E-state index contributed by atoms with van der Waals surface area (Å²) in [5.74, 6) is 2.58. The number of hydrogen-bond acceptors (Lipinski definition) is 2. The molecule has 4 unspecified atom stereocenters. The standard InChI is InChI=1S/C13H26N2/c1-10-3-4-12(8-14)13(7-10)15-6-5-11(2)9-15/h10-13H,3-9,14H2,1-2H3. The summed E-state index contributed by atoms with van der Waals surface area (Å²) < 4.78 is 0. The third-order valence-electron chi connectivity index (χ3n) is 4.45. The predicted octanol–water partition coefficient (Wildman–Crippen LogP) is 2.09. The Bertz CT molecular complexity index is 205. The zero-order chi connectivity index (χ0) is 10.8. The van der Waals surface area contributed by atoms with E-state index in [1.54, 1.807) is 0 Å². The third-order valence-corrected chi connectivity index (χ3v) is 4.45. The van der Waals surface area contributed by atoms with Gasteiger partial charge < -0.3 is 5.73 Å². The van der Waals surface area contributed by atoms with Gasteiger partial charge >= 0.3 is 0 Å². The molecule has 2 nitrogen and oxygen atoms in total. The highest BCUT2D eigenvalue weighted by molar-refractivity contribution is 4.89. The molecule has 2 N–H and O–H groups in total. The van der Waals surface area contributed by atoms with E-state index in [1.165, 1.54) is 38.8 Å². The van der Waals surface area contributed by atoms with Crippen molar-refractivity contribution in [2.24, 2.45) is 23.5 Å². The lowest BCUT2D eigenvalue weighted by Gasteiger charge is -2.40. The van der Waals surface area contributed by atoms with E-state index < -0.39 is 0 Å². The van der Waals surface area contributed by atoms with Crippen molar-refractivity contribution >= 4 is 0 Å². The molecule has 1 saturated carbocycles. The first-order chi connectivity index (χ1) is 7.20. The van der Waals surface area contributed by atoms with Crippen molar-refractivity contribution in [3.63, 3.8) is 0 Å². The van der Waals surface area contributed by atoms with E-state index in [0.717, 1.165) is 30.3 Å². The van der Waals surface area contributed by atoms with E-state index in [0.29, 0.717) is 0 Å². The van der Waals surface area contributed by atoms with Crippen molar-refractivity contribution in [1.29, 1.82) is 0 Å². The maximum absolute atomic E-state index is 5.91. The zero-order valence-electron chi connectivity index (χ0n) is 10.3. The normalized spacial score (nSPS) is 43.4. The number of likely N-dealkylation sites (tertiary alicyclic amines) is 1. The van der Waals surface area contributed by atoms with Crippen molar-refractivity contribution in [1.82, 2.24) is 4.90 Å². The number of rotatable bonds is 2.